The van der Waals surface area contributed by atoms with Crippen LogP contribution in [0.2, 0.25) is 0 Å². The summed E-state index contributed by atoms with van der Waals surface area (Å²) < 4.78 is 11.9. The first-order chi connectivity index (χ1) is 16.1. The molecule has 0 radical (unpaired) electrons. The Balaban J connectivity index is 1.78. The van der Waals surface area contributed by atoms with E-state index in [1.807, 2.05) is 20.8 Å². The zero-order chi connectivity index (χ0) is 25.0. The maximum absolute atomic E-state index is 13.1. The maximum Gasteiger partial charge on any atom is 0.311 e. The van der Waals surface area contributed by atoms with Crippen molar-refractivity contribution < 1.29 is 29.3 Å². The lowest BCUT2D eigenvalue weighted by Gasteiger charge is -2.52. The van der Waals surface area contributed by atoms with Gasteiger partial charge in [0.25, 0.3) is 0 Å². The summed E-state index contributed by atoms with van der Waals surface area (Å²) in [6.45, 7) is 8.98. The number of aliphatic hydroxyl groups is 2. The van der Waals surface area contributed by atoms with Gasteiger partial charge in [-0.2, -0.15) is 0 Å². The van der Waals surface area contributed by atoms with E-state index >= 15 is 0 Å². The number of ether oxygens (including phenoxy) is 2. The molecule has 0 aromatic rings. The van der Waals surface area contributed by atoms with Crippen molar-refractivity contribution in [3.05, 3.63) is 0 Å². The first-order valence-electron chi connectivity index (χ1n) is 13.4. The quantitative estimate of drug-likeness (QED) is 0.486. The molecular weight excluding hydrogens is 434 g/mol. The van der Waals surface area contributed by atoms with Crippen LogP contribution < -0.4 is 0 Å². The molecule has 196 valence electrons. The number of aliphatic hydroxyl groups excluding tert-OH is 2. The third kappa shape index (κ3) is 6.52. The number of fused-ring (bicyclic) bond motifs is 1. The summed E-state index contributed by atoms with van der Waals surface area (Å²) in [5, 5.41) is 19.5. The van der Waals surface area contributed by atoms with Crippen LogP contribution in [0.1, 0.15) is 85.5 Å². The van der Waals surface area contributed by atoms with Gasteiger partial charge >= 0.3 is 11.9 Å². The Hall–Kier alpha value is -1.18. The number of cyclic esters (lactones) is 1. The average molecular weight is 482 g/mol. The van der Waals surface area contributed by atoms with Gasteiger partial charge in [0.15, 0.2) is 0 Å². The first-order valence-corrected chi connectivity index (χ1v) is 13.4. The Morgan fingerprint density at radius 2 is 1.94 bits per heavy atom. The molecule has 2 N–H and O–H groups in total. The third-order valence-corrected chi connectivity index (χ3v) is 9.10. The van der Waals surface area contributed by atoms with Gasteiger partial charge < -0.3 is 24.6 Å². The SMILES string of the molecule is CCC(C)(C)C(=O)O[C@H]1C[C@@H](N(C)CCO)C[C@@H]2CC[C@H](C)[C@H](CC[C@H]3C[C@@H](O)CC(=O)O3)[C@H]21. The number of hydrogen-bond acceptors (Lipinski definition) is 7. The minimum absolute atomic E-state index is 0.0923. The van der Waals surface area contributed by atoms with Gasteiger partial charge in [0, 0.05) is 31.3 Å². The van der Waals surface area contributed by atoms with E-state index in [4.69, 9.17) is 9.47 Å². The van der Waals surface area contributed by atoms with Gasteiger partial charge in [-0.15, -0.1) is 0 Å². The Morgan fingerprint density at radius 3 is 2.59 bits per heavy atom. The number of hydrogen-bond donors (Lipinski definition) is 2. The summed E-state index contributed by atoms with van der Waals surface area (Å²) in [5.74, 6) is 1.25. The van der Waals surface area contributed by atoms with Crippen LogP contribution in [0.3, 0.4) is 0 Å². The Labute approximate surface area is 205 Å². The molecule has 1 heterocycles. The summed E-state index contributed by atoms with van der Waals surface area (Å²) in [4.78, 5) is 27.2. The van der Waals surface area contributed by atoms with Crippen molar-refractivity contribution in [2.24, 2.45) is 29.1 Å². The molecule has 1 aliphatic heterocycles. The van der Waals surface area contributed by atoms with E-state index in [-0.39, 0.29) is 37.2 Å². The Kier molecular flexibility index (Phi) is 9.43. The van der Waals surface area contributed by atoms with Gasteiger partial charge in [-0.25, -0.2) is 0 Å². The van der Waals surface area contributed by atoms with Crippen molar-refractivity contribution in [1.29, 1.82) is 0 Å². The summed E-state index contributed by atoms with van der Waals surface area (Å²) in [7, 11) is 2.06. The summed E-state index contributed by atoms with van der Waals surface area (Å²) >= 11 is 0. The fourth-order valence-corrected chi connectivity index (χ4v) is 6.50. The van der Waals surface area contributed by atoms with Crippen molar-refractivity contribution in [2.75, 3.05) is 20.2 Å². The number of nitrogens with zero attached hydrogens (tertiary/aromatic N) is 1. The highest BCUT2D eigenvalue weighted by molar-refractivity contribution is 5.76. The van der Waals surface area contributed by atoms with Gasteiger partial charge in [-0.1, -0.05) is 20.3 Å². The second kappa shape index (κ2) is 11.7. The number of likely N-dealkylation sites (N-methyl/N-ethyl adjacent to an activating group) is 1. The molecule has 7 heteroatoms. The molecule has 7 nitrogen and oxygen atoms in total. The molecule has 3 aliphatic rings. The number of carbonyl (C=O) groups is 2. The van der Waals surface area contributed by atoms with Crippen molar-refractivity contribution in [3.8, 4) is 0 Å². The van der Waals surface area contributed by atoms with Crippen LogP contribution in [-0.4, -0.2) is 71.6 Å². The van der Waals surface area contributed by atoms with Crippen LogP contribution in [-0.2, 0) is 19.1 Å². The molecule has 0 bridgehead atoms. The molecule has 0 unspecified atom stereocenters. The smallest absolute Gasteiger partial charge is 0.311 e. The molecule has 34 heavy (non-hydrogen) atoms. The normalized spacial score (nSPS) is 36.6. The lowest BCUT2D eigenvalue weighted by Crippen LogP contribution is -2.53. The van der Waals surface area contributed by atoms with E-state index in [1.165, 1.54) is 0 Å². The summed E-state index contributed by atoms with van der Waals surface area (Å²) in [5.41, 5.74) is -0.512. The second-order valence-electron chi connectivity index (χ2n) is 11.8. The van der Waals surface area contributed by atoms with Crippen LogP contribution in [0, 0.1) is 29.1 Å². The number of rotatable bonds is 9. The van der Waals surface area contributed by atoms with Gasteiger partial charge in [0.1, 0.15) is 12.2 Å². The molecule has 2 aliphatic carbocycles. The summed E-state index contributed by atoms with van der Waals surface area (Å²) in [6, 6.07) is 0.291. The van der Waals surface area contributed by atoms with E-state index in [0.717, 1.165) is 44.9 Å². The van der Waals surface area contributed by atoms with Gasteiger partial charge in [0.05, 0.1) is 24.5 Å². The molecule has 0 amide bonds. The monoisotopic (exact) mass is 481 g/mol. The molecule has 8 atom stereocenters. The fourth-order valence-electron chi connectivity index (χ4n) is 6.50. The van der Waals surface area contributed by atoms with E-state index in [0.29, 0.717) is 42.7 Å². The van der Waals surface area contributed by atoms with Crippen LogP contribution >= 0.6 is 0 Å². The zero-order valence-electron chi connectivity index (χ0n) is 21.9. The van der Waals surface area contributed by atoms with Crippen molar-refractivity contribution in [3.63, 3.8) is 0 Å². The van der Waals surface area contributed by atoms with Gasteiger partial charge in [-0.05, 0) is 70.8 Å². The average Bonchev–Trinajstić information content (AvgIpc) is 2.77. The number of carbonyl (C=O) groups excluding carboxylic acids is 2. The predicted octanol–water partition coefficient (Wildman–Crippen LogP) is 3.55. The lowest BCUT2D eigenvalue weighted by molar-refractivity contribution is -0.175. The standard InChI is InChI=1S/C27H47NO6/c1-6-27(3,4)26(32)34-23-14-19(28(5)11-12-29)13-18-8-7-17(2)22(25(18)23)10-9-21-15-20(30)16-24(31)33-21/h17-23,25,29-30H,6-16H2,1-5H3/t17-,18-,19-,20+,21-,22-,23-,25-/m0/s1. The van der Waals surface area contributed by atoms with E-state index < -0.39 is 11.5 Å². The topological polar surface area (TPSA) is 96.3 Å². The number of esters is 2. The highest BCUT2D eigenvalue weighted by atomic mass is 16.6. The molecule has 0 aromatic carbocycles. The Bertz CT molecular complexity index is 697. The predicted molar refractivity (Wildman–Crippen MR) is 130 cm³/mol. The second-order valence-corrected chi connectivity index (χ2v) is 11.8. The molecule has 0 aromatic heterocycles. The molecular formula is C27H47NO6. The van der Waals surface area contributed by atoms with Crippen LogP contribution in [0.15, 0.2) is 0 Å². The Morgan fingerprint density at radius 1 is 1.21 bits per heavy atom. The van der Waals surface area contributed by atoms with Crippen LogP contribution in [0.25, 0.3) is 0 Å². The highest BCUT2D eigenvalue weighted by Gasteiger charge is 2.49. The third-order valence-electron chi connectivity index (χ3n) is 9.10. The molecule has 2 saturated carbocycles. The van der Waals surface area contributed by atoms with Crippen molar-refractivity contribution >= 4 is 11.9 Å². The van der Waals surface area contributed by atoms with E-state index in [9.17, 15) is 19.8 Å². The lowest BCUT2D eigenvalue weighted by atomic mass is 9.58. The fraction of sp³-hybridized carbons (Fsp3) is 0.926. The molecule has 0 spiro atoms. The van der Waals surface area contributed by atoms with Crippen molar-refractivity contribution in [2.45, 2.75) is 110 Å². The molecule has 3 fully saturated rings. The highest BCUT2D eigenvalue weighted by Crippen LogP contribution is 2.50. The summed E-state index contributed by atoms with van der Waals surface area (Å²) in [6.07, 6.45) is 6.16. The van der Waals surface area contributed by atoms with E-state index in [2.05, 4.69) is 18.9 Å². The van der Waals surface area contributed by atoms with Crippen LogP contribution in [0.5, 0.6) is 0 Å². The molecule has 3 rings (SSSR count). The minimum atomic E-state index is -0.606. The van der Waals surface area contributed by atoms with E-state index in [1.54, 1.807) is 0 Å². The maximum atomic E-state index is 13.1. The van der Waals surface area contributed by atoms with Crippen molar-refractivity contribution in [1.82, 2.24) is 4.90 Å². The largest absolute Gasteiger partial charge is 0.462 e. The zero-order valence-corrected chi connectivity index (χ0v) is 21.9. The van der Waals surface area contributed by atoms with Gasteiger partial charge in [-0.3, -0.25) is 9.59 Å². The first kappa shape index (κ1) is 27.4. The van der Waals surface area contributed by atoms with Crippen LogP contribution in [0.4, 0.5) is 0 Å². The molecule has 1 saturated heterocycles. The van der Waals surface area contributed by atoms with Gasteiger partial charge in [0.2, 0.25) is 0 Å². The minimum Gasteiger partial charge on any atom is -0.462 e.